The van der Waals surface area contributed by atoms with Crippen LogP contribution < -0.4 is 0 Å². The molecule has 2 nitrogen and oxygen atoms in total. The average Bonchev–Trinajstić information content (AvgIpc) is 2.33. The number of pyridine rings is 1. The van der Waals surface area contributed by atoms with Crippen molar-refractivity contribution >= 4 is 6.79 Å². The minimum atomic E-state index is -0.649. The summed E-state index contributed by atoms with van der Waals surface area (Å²) in [5.74, 6) is -1.29. The van der Waals surface area contributed by atoms with Crippen LogP contribution in [0.25, 0.3) is 11.3 Å². The summed E-state index contributed by atoms with van der Waals surface area (Å²) < 4.78 is 25.8. The molecule has 1 aromatic heterocycles. The molecule has 0 aliphatic heterocycles. The Balaban J connectivity index is 0.000000811. The Hall–Kier alpha value is -1.45. The van der Waals surface area contributed by atoms with Crippen molar-refractivity contribution in [2.45, 2.75) is 0 Å². The third-order valence-corrected chi connectivity index (χ3v) is 1.78. The van der Waals surface area contributed by atoms with Gasteiger partial charge in [0.25, 0.3) is 0 Å². The fourth-order valence-electron chi connectivity index (χ4n) is 1.15. The first-order valence-electron chi connectivity index (χ1n) is 4.26. The van der Waals surface area contributed by atoms with Crippen molar-refractivity contribution in [2.75, 3.05) is 0 Å². The van der Waals surface area contributed by atoms with Gasteiger partial charge in [-0.25, -0.2) is 0 Å². The first-order chi connectivity index (χ1) is 7.77. The average molecular weight is 411 g/mol. The molecule has 0 fully saturated rings. The molecule has 5 heteroatoms. The van der Waals surface area contributed by atoms with Gasteiger partial charge in [0.05, 0.1) is 0 Å². The van der Waals surface area contributed by atoms with Gasteiger partial charge in [-0.2, -0.15) is 0 Å². The second kappa shape index (κ2) is 7.76. The molecular formula is C12H7F2IrNO. The van der Waals surface area contributed by atoms with Gasteiger partial charge in [0, 0.05) is 17.8 Å². The van der Waals surface area contributed by atoms with Gasteiger partial charge in [-0.1, -0.05) is 23.8 Å². The number of carbonyl (C=O) groups excluding carboxylic acids is 1. The van der Waals surface area contributed by atoms with E-state index in [1.165, 1.54) is 0 Å². The number of hydrogen-bond acceptors (Lipinski definition) is 2. The molecule has 0 aliphatic rings. The standard InChI is InChI=1S/C11H6F2N.CO.Ir.H/c12-8-4-5-9(10(13)7-8)11-3-1-2-6-14-11;1-2;;/h1-4,6-7H;;;/q2*-1;+2;. The van der Waals surface area contributed by atoms with E-state index in [1.54, 1.807) is 24.4 Å². The van der Waals surface area contributed by atoms with Crippen LogP contribution in [0.15, 0.2) is 36.5 Å². The molecule has 0 amide bonds. The van der Waals surface area contributed by atoms with Gasteiger partial charge in [-0.05, 0) is 11.8 Å². The fourth-order valence-corrected chi connectivity index (χ4v) is 1.15. The number of hydrogen-bond donors (Lipinski definition) is 0. The van der Waals surface area contributed by atoms with Crippen molar-refractivity contribution in [3.63, 3.8) is 0 Å². The molecule has 2 aromatic rings. The van der Waals surface area contributed by atoms with Crippen LogP contribution in [0.3, 0.4) is 0 Å². The van der Waals surface area contributed by atoms with Crippen molar-refractivity contribution in [3.8, 4) is 11.3 Å². The summed E-state index contributed by atoms with van der Waals surface area (Å²) in [7, 11) is 0. The topological polar surface area (TPSA) is 30.0 Å². The number of halogens is 2. The zero-order valence-electron chi connectivity index (χ0n) is 8.43. The normalized spacial score (nSPS) is 8.59. The Morgan fingerprint density at radius 2 is 1.94 bits per heavy atom. The van der Waals surface area contributed by atoms with Crippen LogP contribution in [0.2, 0.25) is 0 Å². The first kappa shape index (κ1) is 15.5. The molecule has 0 atom stereocenters. The number of nitrogens with zero attached hydrogens (tertiary/aromatic N) is 1. The Kier molecular flexibility index (Phi) is 7.10. The van der Waals surface area contributed by atoms with Gasteiger partial charge in [0.1, 0.15) is 0 Å². The van der Waals surface area contributed by atoms with Crippen molar-refractivity contribution in [3.05, 3.63) is 54.2 Å². The summed E-state index contributed by atoms with van der Waals surface area (Å²) in [4.78, 5) is 11.4. The Labute approximate surface area is 111 Å². The van der Waals surface area contributed by atoms with Crippen molar-refractivity contribution in [1.82, 2.24) is 4.98 Å². The third kappa shape index (κ3) is 4.13. The van der Waals surface area contributed by atoms with E-state index in [-0.39, 0.29) is 25.7 Å². The molecule has 17 heavy (non-hydrogen) atoms. The van der Waals surface area contributed by atoms with Crippen LogP contribution in [0.4, 0.5) is 8.78 Å². The van der Waals surface area contributed by atoms with E-state index >= 15 is 0 Å². The summed E-state index contributed by atoms with van der Waals surface area (Å²) in [5, 5.41) is 0. The zero-order chi connectivity index (χ0) is 12.0. The molecule has 2 rings (SSSR count). The van der Waals surface area contributed by atoms with Gasteiger partial charge >= 0.3 is 20.1 Å². The molecule has 0 saturated heterocycles. The van der Waals surface area contributed by atoms with Gasteiger partial charge in [-0.15, -0.1) is 12.1 Å². The maximum atomic E-state index is 13.2. The quantitative estimate of drug-likeness (QED) is 0.674. The third-order valence-electron chi connectivity index (χ3n) is 1.78. The second-order valence-electron chi connectivity index (χ2n) is 2.76. The van der Waals surface area contributed by atoms with E-state index in [2.05, 4.69) is 17.8 Å². The predicted octanol–water partition coefficient (Wildman–Crippen LogP) is 2.16. The van der Waals surface area contributed by atoms with Gasteiger partial charge in [0.15, 0.2) is 0 Å². The monoisotopic (exact) mass is 412 g/mol. The van der Waals surface area contributed by atoms with Crippen LogP contribution in [0.5, 0.6) is 0 Å². The van der Waals surface area contributed by atoms with Crippen LogP contribution >= 0.6 is 0 Å². The SMILES string of the molecule is Fc1c[c-]c(-c2ccccn2)c(F)c1.[C-]=O.[IrH+2]. The zero-order valence-corrected chi connectivity index (χ0v) is 11.0. The molecule has 1 heterocycles. The van der Waals surface area contributed by atoms with Gasteiger partial charge in [0.2, 0.25) is 0 Å². The van der Waals surface area contributed by atoms with Gasteiger partial charge in [-0.3, -0.25) is 8.78 Å². The van der Waals surface area contributed by atoms with Crippen molar-refractivity contribution in [1.29, 1.82) is 0 Å². The predicted molar refractivity (Wildman–Crippen MR) is 55.5 cm³/mol. The molecule has 0 N–H and O–H groups in total. The van der Waals surface area contributed by atoms with Crippen molar-refractivity contribution < 1.29 is 33.7 Å². The molecule has 0 saturated carbocycles. The molecule has 1 aromatic carbocycles. The summed E-state index contributed by atoms with van der Waals surface area (Å²) in [6.45, 7) is 4.50. The second-order valence-corrected chi connectivity index (χ2v) is 2.76. The molecular weight excluding hydrogens is 404 g/mol. The van der Waals surface area contributed by atoms with Gasteiger partial charge < -0.3 is 16.6 Å². The molecule has 89 valence electrons. The van der Waals surface area contributed by atoms with E-state index in [4.69, 9.17) is 4.79 Å². The molecule has 0 spiro atoms. The van der Waals surface area contributed by atoms with E-state index in [9.17, 15) is 8.78 Å². The molecule has 0 unspecified atom stereocenters. The van der Waals surface area contributed by atoms with E-state index in [1.807, 2.05) is 0 Å². The summed E-state index contributed by atoms with van der Waals surface area (Å²) >= 11 is 0. The number of rotatable bonds is 1. The van der Waals surface area contributed by atoms with Crippen LogP contribution in [-0.4, -0.2) is 11.8 Å². The summed E-state index contributed by atoms with van der Waals surface area (Å²) in [6, 6.07) is 9.53. The Morgan fingerprint density at radius 3 is 2.47 bits per heavy atom. The van der Waals surface area contributed by atoms with Crippen LogP contribution in [0, 0.1) is 17.7 Å². The van der Waals surface area contributed by atoms with Crippen LogP contribution in [-0.2, 0) is 24.9 Å². The molecule has 2 radical (unpaired) electrons. The maximum absolute atomic E-state index is 13.2. The van der Waals surface area contributed by atoms with Crippen molar-refractivity contribution in [2.24, 2.45) is 0 Å². The Bertz CT molecular complexity index is 465. The summed E-state index contributed by atoms with van der Waals surface area (Å²) in [5.41, 5.74) is 0.636. The minimum absolute atomic E-state index is 0. The molecule has 0 aliphatic carbocycles. The molecule has 0 bridgehead atoms. The van der Waals surface area contributed by atoms with E-state index in [0.717, 1.165) is 12.1 Å². The Morgan fingerprint density at radius 1 is 1.24 bits per heavy atom. The number of aromatic nitrogens is 1. The summed E-state index contributed by atoms with van der Waals surface area (Å²) in [6.07, 6.45) is 1.55. The van der Waals surface area contributed by atoms with E-state index < -0.39 is 11.6 Å². The van der Waals surface area contributed by atoms with E-state index in [0.29, 0.717) is 5.69 Å². The fraction of sp³-hybridized carbons (Fsp3) is 0. The number of benzene rings is 1. The van der Waals surface area contributed by atoms with Crippen LogP contribution in [0.1, 0.15) is 0 Å². The first-order valence-corrected chi connectivity index (χ1v) is 4.26.